The topological polar surface area (TPSA) is 46.1 Å². The maximum absolute atomic E-state index is 11.7. The van der Waals surface area contributed by atoms with Crippen LogP contribution in [0.2, 0.25) is 0 Å². The second-order valence-electron chi connectivity index (χ2n) is 4.60. The van der Waals surface area contributed by atoms with Crippen LogP contribution in [0.3, 0.4) is 0 Å². The number of piperidine rings is 1. The van der Waals surface area contributed by atoms with E-state index in [0.717, 1.165) is 31.6 Å². The average molecular weight is 233 g/mol. The van der Waals surface area contributed by atoms with Crippen molar-refractivity contribution < 1.29 is 4.79 Å². The second kappa shape index (κ2) is 5.75. The lowest BCUT2D eigenvalue weighted by molar-refractivity contribution is -0.132. The smallest absolute Gasteiger partial charge is 0.222 e. The first kappa shape index (κ1) is 12.0. The molecule has 1 aromatic rings. The van der Waals surface area contributed by atoms with Gasteiger partial charge in [0.15, 0.2) is 0 Å². The highest BCUT2D eigenvalue weighted by Crippen LogP contribution is 2.20. The molecule has 1 aliphatic rings. The van der Waals surface area contributed by atoms with Gasteiger partial charge in [0.25, 0.3) is 0 Å². The van der Waals surface area contributed by atoms with Gasteiger partial charge in [-0.2, -0.15) is 0 Å². The summed E-state index contributed by atoms with van der Waals surface area (Å²) < 4.78 is 0. The third kappa shape index (κ3) is 3.25. The molecule has 0 spiro atoms. The van der Waals surface area contributed by atoms with E-state index in [1.807, 2.05) is 18.0 Å². The van der Waals surface area contributed by atoms with Gasteiger partial charge in [0.2, 0.25) is 5.91 Å². The minimum absolute atomic E-state index is 0.272. The lowest BCUT2D eigenvalue weighted by Crippen LogP contribution is -2.40. The first-order chi connectivity index (χ1) is 8.29. The van der Waals surface area contributed by atoms with E-state index in [-0.39, 0.29) is 5.91 Å². The number of hydrogen-bond acceptors (Lipinski definition) is 3. The standard InChI is InChI=1S/C13H19N3O/c1-2-13(17)16-7-3-4-11(10-16)8-12-9-14-5-6-15-12/h5-6,9,11H,2-4,7-8,10H2,1H3. The number of rotatable bonds is 3. The molecule has 17 heavy (non-hydrogen) atoms. The summed E-state index contributed by atoms with van der Waals surface area (Å²) in [7, 11) is 0. The van der Waals surface area contributed by atoms with Gasteiger partial charge in [-0.05, 0) is 25.2 Å². The molecule has 4 nitrogen and oxygen atoms in total. The molecule has 1 aliphatic heterocycles. The van der Waals surface area contributed by atoms with Crippen LogP contribution < -0.4 is 0 Å². The number of amides is 1. The lowest BCUT2D eigenvalue weighted by atomic mass is 9.93. The number of likely N-dealkylation sites (tertiary alicyclic amines) is 1. The van der Waals surface area contributed by atoms with Crippen LogP contribution in [0.15, 0.2) is 18.6 Å². The van der Waals surface area contributed by atoms with Crippen molar-refractivity contribution in [2.75, 3.05) is 13.1 Å². The molecule has 0 aromatic carbocycles. The fraction of sp³-hybridized carbons (Fsp3) is 0.615. The molecule has 1 fully saturated rings. The number of carbonyl (C=O) groups excluding carboxylic acids is 1. The molecule has 1 aromatic heterocycles. The highest BCUT2D eigenvalue weighted by Gasteiger charge is 2.22. The summed E-state index contributed by atoms with van der Waals surface area (Å²) in [5, 5.41) is 0. The van der Waals surface area contributed by atoms with Gasteiger partial charge in [0, 0.05) is 38.1 Å². The van der Waals surface area contributed by atoms with E-state index in [2.05, 4.69) is 9.97 Å². The van der Waals surface area contributed by atoms with E-state index in [1.165, 1.54) is 6.42 Å². The quantitative estimate of drug-likeness (QED) is 0.797. The molecule has 1 atom stereocenters. The van der Waals surface area contributed by atoms with Gasteiger partial charge in [-0.1, -0.05) is 6.92 Å². The molecule has 1 unspecified atom stereocenters. The third-order valence-corrected chi connectivity index (χ3v) is 3.29. The number of aromatic nitrogens is 2. The summed E-state index contributed by atoms with van der Waals surface area (Å²) in [6.45, 7) is 3.72. The van der Waals surface area contributed by atoms with Crippen LogP contribution in [-0.4, -0.2) is 33.9 Å². The monoisotopic (exact) mass is 233 g/mol. The molecule has 92 valence electrons. The Morgan fingerprint density at radius 2 is 2.41 bits per heavy atom. The second-order valence-corrected chi connectivity index (χ2v) is 4.60. The van der Waals surface area contributed by atoms with E-state index >= 15 is 0 Å². The zero-order valence-electron chi connectivity index (χ0n) is 10.3. The van der Waals surface area contributed by atoms with Crippen molar-refractivity contribution in [2.45, 2.75) is 32.6 Å². The van der Waals surface area contributed by atoms with E-state index in [1.54, 1.807) is 12.4 Å². The first-order valence-electron chi connectivity index (χ1n) is 6.32. The zero-order valence-corrected chi connectivity index (χ0v) is 10.3. The predicted molar refractivity (Wildman–Crippen MR) is 65.3 cm³/mol. The van der Waals surface area contributed by atoms with Crippen molar-refractivity contribution in [3.8, 4) is 0 Å². The third-order valence-electron chi connectivity index (χ3n) is 3.29. The fourth-order valence-corrected chi connectivity index (χ4v) is 2.41. The maximum atomic E-state index is 11.7. The molecule has 0 saturated carbocycles. The van der Waals surface area contributed by atoms with Crippen LogP contribution in [-0.2, 0) is 11.2 Å². The minimum Gasteiger partial charge on any atom is -0.342 e. The largest absolute Gasteiger partial charge is 0.342 e. The van der Waals surface area contributed by atoms with Crippen molar-refractivity contribution in [1.29, 1.82) is 0 Å². The van der Waals surface area contributed by atoms with Crippen LogP contribution in [0.25, 0.3) is 0 Å². The Labute approximate surface area is 102 Å². The van der Waals surface area contributed by atoms with Gasteiger partial charge in [-0.3, -0.25) is 14.8 Å². The highest BCUT2D eigenvalue weighted by atomic mass is 16.2. The van der Waals surface area contributed by atoms with Crippen LogP contribution in [0.4, 0.5) is 0 Å². The maximum Gasteiger partial charge on any atom is 0.222 e. The van der Waals surface area contributed by atoms with Crippen molar-refractivity contribution in [3.63, 3.8) is 0 Å². The molecule has 0 N–H and O–H groups in total. The minimum atomic E-state index is 0.272. The van der Waals surface area contributed by atoms with Gasteiger partial charge in [0.05, 0.1) is 5.69 Å². The normalized spacial score (nSPS) is 20.3. The van der Waals surface area contributed by atoms with E-state index in [9.17, 15) is 4.79 Å². The summed E-state index contributed by atoms with van der Waals surface area (Å²) in [5.41, 5.74) is 1.03. The SMILES string of the molecule is CCC(=O)N1CCCC(Cc2cnccn2)C1. The van der Waals surface area contributed by atoms with Crippen LogP contribution in [0.5, 0.6) is 0 Å². The van der Waals surface area contributed by atoms with Crippen LogP contribution in [0, 0.1) is 5.92 Å². The van der Waals surface area contributed by atoms with E-state index < -0.39 is 0 Å². The van der Waals surface area contributed by atoms with E-state index in [0.29, 0.717) is 12.3 Å². The number of carbonyl (C=O) groups is 1. The molecule has 0 aliphatic carbocycles. The Bertz CT molecular complexity index is 366. The average Bonchev–Trinajstić information content (AvgIpc) is 2.39. The van der Waals surface area contributed by atoms with Gasteiger partial charge < -0.3 is 4.90 Å². The van der Waals surface area contributed by atoms with E-state index in [4.69, 9.17) is 0 Å². The molecule has 1 saturated heterocycles. The summed E-state index contributed by atoms with van der Waals surface area (Å²) in [6, 6.07) is 0. The first-order valence-corrected chi connectivity index (χ1v) is 6.32. The highest BCUT2D eigenvalue weighted by molar-refractivity contribution is 5.75. The van der Waals surface area contributed by atoms with Crippen molar-refractivity contribution in [1.82, 2.24) is 14.9 Å². The summed E-state index contributed by atoms with van der Waals surface area (Å²) in [6.07, 6.45) is 9.07. The number of nitrogens with zero attached hydrogens (tertiary/aromatic N) is 3. The lowest BCUT2D eigenvalue weighted by Gasteiger charge is -2.32. The number of hydrogen-bond donors (Lipinski definition) is 0. The van der Waals surface area contributed by atoms with Gasteiger partial charge in [0.1, 0.15) is 0 Å². The van der Waals surface area contributed by atoms with Crippen molar-refractivity contribution in [2.24, 2.45) is 5.92 Å². The van der Waals surface area contributed by atoms with Crippen LogP contribution >= 0.6 is 0 Å². The Hall–Kier alpha value is -1.45. The summed E-state index contributed by atoms with van der Waals surface area (Å²) >= 11 is 0. The Balaban J connectivity index is 1.92. The summed E-state index contributed by atoms with van der Waals surface area (Å²) in [5.74, 6) is 0.810. The molecular formula is C13H19N3O. The Morgan fingerprint density at radius 3 is 3.12 bits per heavy atom. The fourth-order valence-electron chi connectivity index (χ4n) is 2.41. The summed E-state index contributed by atoms with van der Waals surface area (Å²) in [4.78, 5) is 22.0. The molecule has 2 rings (SSSR count). The molecule has 4 heteroatoms. The molecule has 2 heterocycles. The van der Waals surface area contributed by atoms with Gasteiger partial charge in [-0.25, -0.2) is 0 Å². The molecule has 0 radical (unpaired) electrons. The molecule has 1 amide bonds. The van der Waals surface area contributed by atoms with Gasteiger partial charge >= 0.3 is 0 Å². The predicted octanol–water partition coefficient (Wildman–Crippen LogP) is 1.67. The molecular weight excluding hydrogens is 214 g/mol. The van der Waals surface area contributed by atoms with Gasteiger partial charge in [-0.15, -0.1) is 0 Å². The zero-order chi connectivity index (χ0) is 12.1. The van der Waals surface area contributed by atoms with Crippen molar-refractivity contribution in [3.05, 3.63) is 24.3 Å². The van der Waals surface area contributed by atoms with Crippen molar-refractivity contribution >= 4 is 5.91 Å². The Kier molecular flexibility index (Phi) is 4.07. The molecule has 0 bridgehead atoms. The van der Waals surface area contributed by atoms with Crippen LogP contribution in [0.1, 0.15) is 31.9 Å². The Morgan fingerprint density at radius 1 is 1.53 bits per heavy atom.